The minimum Gasteiger partial charge on any atom is -0.316 e. The first-order valence-electron chi connectivity index (χ1n) is 7.07. The van der Waals surface area contributed by atoms with Gasteiger partial charge < -0.3 is 5.32 Å². The highest BCUT2D eigenvalue weighted by molar-refractivity contribution is 6.30. The minimum absolute atomic E-state index is 0.183. The largest absolute Gasteiger partial charge is 0.316 e. The van der Waals surface area contributed by atoms with Crippen molar-refractivity contribution >= 4 is 11.6 Å². The number of hydrogen-bond acceptors (Lipinski definition) is 2. The highest BCUT2D eigenvalue weighted by Gasteiger charge is 2.42. The molecule has 4 heteroatoms. The van der Waals surface area contributed by atoms with Crippen LogP contribution in [0.1, 0.15) is 18.9 Å². The highest BCUT2D eigenvalue weighted by Crippen LogP contribution is 2.35. The lowest BCUT2D eigenvalue weighted by Gasteiger charge is -2.27. The Morgan fingerprint density at radius 2 is 2.26 bits per heavy atom. The smallest absolute Gasteiger partial charge is 0.129 e. The standard InChI is InChI=1S/C15H20ClFN2/c1-2-15-13-7-18-6-11(13)9-19(15)8-10-3-4-12(16)5-14(10)17/h3-5,11,13,15,18H,2,6-9H2,1H3. The van der Waals surface area contributed by atoms with E-state index in [1.807, 2.05) is 6.07 Å². The lowest BCUT2D eigenvalue weighted by Crippen LogP contribution is -2.34. The van der Waals surface area contributed by atoms with Crippen molar-refractivity contribution in [1.29, 1.82) is 0 Å². The van der Waals surface area contributed by atoms with E-state index in [2.05, 4.69) is 17.1 Å². The van der Waals surface area contributed by atoms with Crippen molar-refractivity contribution in [3.05, 3.63) is 34.6 Å². The molecule has 0 spiro atoms. The molecule has 2 saturated heterocycles. The third kappa shape index (κ3) is 2.51. The Morgan fingerprint density at radius 3 is 3.00 bits per heavy atom. The number of rotatable bonds is 3. The highest BCUT2D eigenvalue weighted by atomic mass is 35.5. The molecule has 104 valence electrons. The van der Waals surface area contributed by atoms with Crippen molar-refractivity contribution in [2.24, 2.45) is 11.8 Å². The Kier molecular flexibility index (Phi) is 3.79. The number of likely N-dealkylation sites (tertiary alicyclic amines) is 1. The predicted molar refractivity (Wildman–Crippen MR) is 75.7 cm³/mol. The van der Waals surface area contributed by atoms with Crippen LogP contribution < -0.4 is 5.32 Å². The van der Waals surface area contributed by atoms with E-state index < -0.39 is 0 Å². The zero-order chi connectivity index (χ0) is 13.4. The number of nitrogens with one attached hydrogen (secondary N) is 1. The quantitative estimate of drug-likeness (QED) is 0.917. The summed E-state index contributed by atoms with van der Waals surface area (Å²) >= 11 is 5.81. The fourth-order valence-electron chi connectivity index (χ4n) is 3.72. The monoisotopic (exact) mass is 282 g/mol. The van der Waals surface area contributed by atoms with Gasteiger partial charge in [0.15, 0.2) is 0 Å². The Balaban J connectivity index is 1.76. The van der Waals surface area contributed by atoms with Crippen molar-refractivity contribution in [1.82, 2.24) is 10.2 Å². The van der Waals surface area contributed by atoms with Gasteiger partial charge >= 0.3 is 0 Å². The molecule has 1 aromatic rings. The van der Waals surface area contributed by atoms with Crippen LogP contribution in [0.15, 0.2) is 18.2 Å². The Hall–Kier alpha value is -0.640. The molecule has 2 aliphatic rings. The van der Waals surface area contributed by atoms with Crippen LogP contribution in [0.2, 0.25) is 5.02 Å². The van der Waals surface area contributed by atoms with Crippen LogP contribution in [0, 0.1) is 17.7 Å². The van der Waals surface area contributed by atoms with E-state index in [9.17, 15) is 4.39 Å². The zero-order valence-electron chi connectivity index (χ0n) is 11.2. The topological polar surface area (TPSA) is 15.3 Å². The third-order valence-corrected chi connectivity index (χ3v) is 4.87. The summed E-state index contributed by atoms with van der Waals surface area (Å²) < 4.78 is 13.9. The van der Waals surface area contributed by atoms with Gasteiger partial charge in [0.2, 0.25) is 0 Å². The summed E-state index contributed by atoms with van der Waals surface area (Å²) in [6.45, 7) is 6.24. The minimum atomic E-state index is -0.183. The van der Waals surface area contributed by atoms with Crippen molar-refractivity contribution in [2.75, 3.05) is 19.6 Å². The molecule has 1 aromatic carbocycles. The van der Waals surface area contributed by atoms with Gasteiger partial charge in [0.1, 0.15) is 5.82 Å². The molecule has 2 fully saturated rings. The number of hydrogen-bond donors (Lipinski definition) is 1. The molecule has 3 unspecified atom stereocenters. The zero-order valence-corrected chi connectivity index (χ0v) is 12.0. The van der Waals surface area contributed by atoms with Gasteiger partial charge in [0.25, 0.3) is 0 Å². The molecule has 0 bridgehead atoms. The van der Waals surface area contributed by atoms with E-state index in [4.69, 9.17) is 11.6 Å². The van der Waals surface area contributed by atoms with Crippen LogP contribution in [0.3, 0.4) is 0 Å². The van der Waals surface area contributed by atoms with Gasteiger partial charge in [-0.15, -0.1) is 0 Å². The maximum Gasteiger partial charge on any atom is 0.129 e. The van der Waals surface area contributed by atoms with E-state index >= 15 is 0 Å². The van der Waals surface area contributed by atoms with Gasteiger partial charge in [-0.25, -0.2) is 4.39 Å². The first-order valence-corrected chi connectivity index (χ1v) is 7.45. The molecule has 2 heterocycles. The van der Waals surface area contributed by atoms with E-state index in [-0.39, 0.29) is 5.82 Å². The molecule has 0 aromatic heterocycles. The summed E-state index contributed by atoms with van der Waals surface area (Å²) in [5.41, 5.74) is 0.760. The van der Waals surface area contributed by atoms with Crippen LogP contribution in [0.4, 0.5) is 4.39 Å². The van der Waals surface area contributed by atoms with Crippen LogP contribution >= 0.6 is 11.6 Å². The van der Waals surface area contributed by atoms with E-state index in [1.54, 1.807) is 6.07 Å². The molecule has 2 nitrogen and oxygen atoms in total. The summed E-state index contributed by atoms with van der Waals surface area (Å²) in [6, 6.07) is 5.59. The summed E-state index contributed by atoms with van der Waals surface area (Å²) in [4.78, 5) is 2.45. The SMILES string of the molecule is CCC1C2CNCC2CN1Cc1ccc(Cl)cc1F. The number of fused-ring (bicyclic) bond motifs is 1. The molecule has 0 saturated carbocycles. The summed E-state index contributed by atoms with van der Waals surface area (Å²) in [6.07, 6.45) is 1.14. The number of halogens is 2. The van der Waals surface area contributed by atoms with Gasteiger partial charge in [-0.05, 0) is 43.5 Å². The number of benzene rings is 1. The second-order valence-corrected chi connectivity index (χ2v) is 6.16. The lowest BCUT2D eigenvalue weighted by atomic mass is 9.93. The van der Waals surface area contributed by atoms with E-state index in [0.717, 1.165) is 43.5 Å². The molecule has 3 atom stereocenters. The van der Waals surface area contributed by atoms with Crippen LogP contribution in [0.5, 0.6) is 0 Å². The summed E-state index contributed by atoms with van der Waals surface area (Å²) in [5.74, 6) is 1.29. The second kappa shape index (κ2) is 5.39. The first kappa shape index (κ1) is 13.3. The molecular weight excluding hydrogens is 263 g/mol. The van der Waals surface area contributed by atoms with Gasteiger partial charge in [0.05, 0.1) is 0 Å². The predicted octanol–water partition coefficient (Wildman–Crippen LogP) is 2.91. The van der Waals surface area contributed by atoms with Gasteiger partial charge in [0, 0.05) is 29.7 Å². The molecule has 0 radical (unpaired) electrons. The molecule has 0 amide bonds. The average Bonchev–Trinajstić information content (AvgIpc) is 2.92. The molecule has 1 N–H and O–H groups in total. The van der Waals surface area contributed by atoms with E-state index in [1.165, 1.54) is 6.07 Å². The van der Waals surface area contributed by atoms with Crippen LogP contribution in [0.25, 0.3) is 0 Å². The van der Waals surface area contributed by atoms with Crippen LogP contribution in [-0.4, -0.2) is 30.6 Å². The maximum atomic E-state index is 13.9. The van der Waals surface area contributed by atoms with Crippen molar-refractivity contribution in [3.8, 4) is 0 Å². The molecular formula is C15H20ClFN2. The molecule has 19 heavy (non-hydrogen) atoms. The molecule has 0 aliphatic carbocycles. The Morgan fingerprint density at radius 1 is 1.42 bits per heavy atom. The van der Waals surface area contributed by atoms with Gasteiger partial charge in [-0.1, -0.05) is 24.6 Å². The molecule has 2 aliphatic heterocycles. The van der Waals surface area contributed by atoms with Gasteiger partial charge in [-0.3, -0.25) is 4.90 Å². The summed E-state index contributed by atoms with van der Waals surface area (Å²) in [7, 11) is 0. The summed E-state index contributed by atoms with van der Waals surface area (Å²) in [5, 5.41) is 3.94. The van der Waals surface area contributed by atoms with Gasteiger partial charge in [-0.2, -0.15) is 0 Å². The third-order valence-electron chi connectivity index (χ3n) is 4.63. The van der Waals surface area contributed by atoms with E-state index in [0.29, 0.717) is 17.6 Å². The Labute approximate surface area is 118 Å². The fraction of sp³-hybridized carbons (Fsp3) is 0.600. The van der Waals surface area contributed by atoms with Crippen molar-refractivity contribution in [3.63, 3.8) is 0 Å². The second-order valence-electron chi connectivity index (χ2n) is 5.72. The van der Waals surface area contributed by atoms with Crippen LogP contribution in [-0.2, 0) is 6.54 Å². The van der Waals surface area contributed by atoms with Crippen molar-refractivity contribution < 1.29 is 4.39 Å². The fourth-order valence-corrected chi connectivity index (χ4v) is 3.88. The maximum absolute atomic E-state index is 13.9. The first-order chi connectivity index (χ1) is 9.19. The average molecular weight is 283 g/mol. The number of nitrogens with zero attached hydrogens (tertiary/aromatic N) is 1. The molecule has 3 rings (SSSR count). The normalized spacial score (nSPS) is 30.8. The van der Waals surface area contributed by atoms with Crippen molar-refractivity contribution in [2.45, 2.75) is 25.9 Å². The Bertz CT molecular complexity index is 465. The lowest BCUT2D eigenvalue weighted by molar-refractivity contribution is 0.208.